The molecule has 7 heavy (non-hydrogen) atoms. The molecule has 0 aliphatic rings. The molecule has 0 unspecified atom stereocenters. The number of carbonyl (C=O) groups is 1. The summed E-state index contributed by atoms with van der Waals surface area (Å²) < 4.78 is 34.4. The summed E-state index contributed by atoms with van der Waals surface area (Å²) in [5, 5.41) is 0. The van der Waals surface area contributed by atoms with Gasteiger partial charge in [0.15, 0.2) is 0 Å². The second-order valence-corrected chi connectivity index (χ2v) is 0.660. The summed E-state index contributed by atoms with van der Waals surface area (Å²) in [5.74, 6) is 0. The van der Waals surface area contributed by atoms with E-state index in [9.17, 15) is 13.2 Å². The van der Waals surface area contributed by atoms with Crippen molar-refractivity contribution in [2.45, 2.75) is 6.36 Å². The minimum Gasteiger partial charge on any atom is -0.375 e. The van der Waals surface area contributed by atoms with Crippen molar-refractivity contribution in [3.63, 3.8) is 0 Å². The van der Waals surface area contributed by atoms with Gasteiger partial charge in [0.1, 0.15) is 0 Å². The van der Waals surface area contributed by atoms with E-state index >= 15 is 0 Å². The first-order chi connectivity index (χ1) is 3.06. The average molecular weight is 114 g/mol. The van der Waals surface area contributed by atoms with Crippen LogP contribution in [0.1, 0.15) is 0 Å². The number of carbonyl (C=O) groups excluding carboxylic acids is 1. The van der Waals surface area contributed by atoms with E-state index in [1.54, 1.807) is 0 Å². The number of rotatable bonds is 1. The SMILES string of the molecule is O=COC(F)(F)F. The van der Waals surface area contributed by atoms with E-state index < -0.39 is 12.8 Å². The Balaban J connectivity index is 3.34. The van der Waals surface area contributed by atoms with Crippen LogP contribution in [0, 0.1) is 0 Å². The minimum atomic E-state index is -4.82. The van der Waals surface area contributed by atoms with E-state index in [4.69, 9.17) is 4.79 Å². The molecule has 0 fully saturated rings. The number of alkyl halides is 3. The van der Waals surface area contributed by atoms with Crippen molar-refractivity contribution >= 4 is 6.47 Å². The molecule has 0 N–H and O–H groups in total. The van der Waals surface area contributed by atoms with Gasteiger partial charge >= 0.3 is 6.36 Å². The Labute approximate surface area is 36.9 Å². The van der Waals surface area contributed by atoms with Crippen LogP contribution in [0.4, 0.5) is 13.2 Å². The van der Waals surface area contributed by atoms with Crippen molar-refractivity contribution in [3.05, 3.63) is 0 Å². The van der Waals surface area contributed by atoms with Crippen molar-refractivity contribution in [1.29, 1.82) is 0 Å². The lowest BCUT2D eigenvalue weighted by molar-refractivity contribution is -0.298. The molecule has 0 saturated carbocycles. The van der Waals surface area contributed by atoms with E-state index in [2.05, 4.69) is 4.74 Å². The van der Waals surface area contributed by atoms with Crippen LogP contribution in [0.3, 0.4) is 0 Å². The Bertz CT molecular complexity index is 65.8. The van der Waals surface area contributed by atoms with E-state index in [-0.39, 0.29) is 0 Å². The molecule has 0 bridgehead atoms. The van der Waals surface area contributed by atoms with Gasteiger partial charge in [-0.05, 0) is 0 Å². The van der Waals surface area contributed by atoms with Gasteiger partial charge < -0.3 is 4.74 Å². The van der Waals surface area contributed by atoms with Gasteiger partial charge in [-0.1, -0.05) is 0 Å². The summed E-state index contributed by atoms with van der Waals surface area (Å²) in [6.45, 7) is -0.667. The molecule has 0 saturated heterocycles. The van der Waals surface area contributed by atoms with Crippen LogP contribution >= 0.6 is 0 Å². The fraction of sp³-hybridized carbons (Fsp3) is 0.500. The maximum Gasteiger partial charge on any atom is 0.575 e. The first-order valence-corrected chi connectivity index (χ1v) is 1.24. The van der Waals surface area contributed by atoms with Crippen LogP contribution < -0.4 is 0 Å². The van der Waals surface area contributed by atoms with Gasteiger partial charge in [0.25, 0.3) is 6.47 Å². The minimum absolute atomic E-state index is 0.667. The standard InChI is InChI=1S/C2HF3O2/c3-2(4,5)7-1-6/h1H. The quantitative estimate of drug-likeness (QED) is 0.468. The Morgan fingerprint density at radius 1 is 1.43 bits per heavy atom. The maximum absolute atomic E-state index is 10.6. The topological polar surface area (TPSA) is 26.3 Å². The van der Waals surface area contributed by atoms with E-state index in [1.165, 1.54) is 0 Å². The zero-order chi connectivity index (χ0) is 5.91. The van der Waals surface area contributed by atoms with Crippen molar-refractivity contribution in [1.82, 2.24) is 0 Å². The zero-order valence-electron chi connectivity index (χ0n) is 3.03. The van der Waals surface area contributed by atoms with E-state index in [0.717, 1.165) is 0 Å². The van der Waals surface area contributed by atoms with E-state index in [1.807, 2.05) is 0 Å². The Morgan fingerprint density at radius 2 is 1.86 bits per heavy atom. The van der Waals surface area contributed by atoms with Crippen LogP contribution in [-0.4, -0.2) is 12.8 Å². The summed E-state index contributed by atoms with van der Waals surface area (Å²) in [5.41, 5.74) is 0. The molecule has 0 rings (SSSR count). The third kappa shape index (κ3) is 5.26. The van der Waals surface area contributed by atoms with Crippen LogP contribution in [0.5, 0.6) is 0 Å². The smallest absolute Gasteiger partial charge is 0.375 e. The summed E-state index contributed by atoms with van der Waals surface area (Å²) in [7, 11) is 0. The highest BCUT2D eigenvalue weighted by molar-refractivity contribution is 5.37. The third-order valence-electron chi connectivity index (χ3n) is 0.182. The average Bonchev–Trinajstić information content (AvgIpc) is 1.30. The van der Waals surface area contributed by atoms with Crippen molar-refractivity contribution in [2.24, 2.45) is 0 Å². The van der Waals surface area contributed by atoms with Gasteiger partial charge in [-0.25, -0.2) is 0 Å². The molecule has 0 heterocycles. The summed E-state index contributed by atoms with van der Waals surface area (Å²) in [4.78, 5) is 8.88. The van der Waals surface area contributed by atoms with Gasteiger partial charge in [0.2, 0.25) is 0 Å². The molecule has 0 aromatic rings. The molecule has 0 spiro atoms. The molecule has 0 aliphatic heterocycles. The predicted octanol–water partition coefficient (Wildman–Crippen LogP) is 0.679. The largest absolute Gasteiger partial charge is 0.575 e. The normalized spacial score (nSPS) is 10.7. The van der Waals surface area contributed by atoms with Crippen LogP contribution in [-0.2, 0) is 9.53 Å². The summed E-state index contributed by atoms with van der Waals surface area (Å²) >= 11 is 0. The highest BCUT2D eigenvalue weighted by Crippen LogP contribution is 2.13. The molecule has 42 valence electrons. The van der Waals surface area contributed by atoms with Gasteiger partial charge in [0.05, 0.1) is 0 Å². The number of ether oxygens (including phenoxy) is 1. The molecular weight excluding hydrogens is 113 g/mol. The molecule has 0 atom stereocenters. The molecule has 2 nitrogen and oxygen atoms in total. The van der Waals surface area contributed by atoms with Gasteiger partial charge in [-0.3, -0.25) is 4.79 Å². The molecular formula is C2HF3O2. The third-order valence-corrected chi connectivity index (χ3v) is 0.182. The summed E-state index contributed by atoms with van der Waals surface area (Å²) in [6, 6.07) is 0. The first-order valence-electron chi connectivity index (χ1n) is 1.24. The lowest BCUT2D eigenvalue weighted by Crippen LogP contribution is -2.10. The maximum atomic E-state index is 10.6. The number of hydrogen-bond donors (Lipinski definition) is 0. The van der Waals surface area contributed by atoms with Crippen molar-refractivity contribution in [2.75, 3.05) is 0 Å². The predicted molar refractivity (Wildman–Crippen MR) is 13.2 cm³/mol. The van der Waals surface area contributed by atoms with Gasteiger partial charge in [-0.2, -0.15) is 0 Å². The van der Waals surface area contributed by atoms with Gasteiger partial charge in [-0.15, -0.1) is 13.2 Å². The van der Waals surface area contributed by atoms with Crippen LogP contribution in [0.15, 0.2) is 0 Å². The second-order valence-electron chi connectivity index (χ2n) is 0.660. The fourth-order valence-corrected chi connectivity index (χ4v) is 0.0546. The Hall–Kier alpha value is -0.740. The molecule has 0 radical (unpaired) electrons. The summed E-state index contributed by atoms with van der Waals surface area (Å²) in [6.07, 6.45) is -4.82. The molecule has 0 aliphatic carbocycles. The fourth-order valence-electron chi connectivity index (χ4n) is 0.0546. The van der Waals surface area contributed by atoms with Crippen molar-refractivity contribution in [3.8, 4) is 0 Å². The van der Waals surface area contributed by atoms with Crippen molar-refractivity contribution < 1.29 is 22.7 Å². The van der Waals surface area contributed by atoms with Gasteiger partial charge in [0, 0.05) is 0 Å². The second kappa shape index (κ2) is 1.81. The zero-order valence-corrected chi connectivity index (χ0v) is 3.03. The molecule has 0 amide bonds. The van der Waals surface area contributed by atoms with E-state index in [0.29, 0.717) is 0 Å². The first kappa shape index (κ1) is 6.26. The Morgan fingerprint density at radius 3 is 1.86 bits per heavy atom. The lowest BCUT2D eigenvalue weighted by atomic mass is 11.3. The Kier molecular flexibility index (Phi) is 1.62. The number of hydrogen-bond acceptors (Lipinski definition) is 2. The molecule has 0 aromatic carbocycles. The van der Waals surface area contributed by atoms with Crippen LogP contribution in [0.2, 0.25) is 0 Å². The lowest BCUT2D eigenvalue weighted by Gasteiger charge is -1.97. The number of halogens is 3. The monoisotopic (exact) mass is 114 g/mol. The highest BCUT2D eigenvalue weighted by atomic mass is 19.4. The van der Waals surface area contributed by atoms with Crippen LogP contribution in [0.25, 0.3) is 0 Å². The molecule has 5 heteroatoms. The highest BCUT2D eigenvalue weighted by Gasteiger charge is 2.29. The molecule has 0 aromatic heterocycles.